The Morgan fingerprint density at radius 3 is 2.77 bits per heavy atom. The summed E-state index contributed by atoms with van der Waals surface area (Å²) >= 11 is 0. The molecule has 0 fully saturated rings. The van der Waals surface area contributed by atoms with Gasteiger partial charge in [-0.1, -0.05) is 31.2 Å². The van der Waals surface area contributed by atoms with Gasteiger partial charge in [0.15, 0.2) is 0 Å². The third-order valence-electron chi connectivity index (χ3n) is 3.84. The van der Waals surface area contributed by atoms with E-state index in [1.807, 2.05) is 25.1 Å². The average molecular weight is 298 g/mol. The normalized spacial score (nSPS) is 12.7. The molecule has 1 aromatic heterocycles. The number of ether oxygens (including phenoxy) is 1. The lowest BCUT2D eigenvalue weighted by molar-refractivity contribution is 0.414. The molecule has 0 aliphatic carbocycles. The Kier molecular flexibility index (Phi) is 6.32. The lowest BCUT2D eigenvalue weighted by atomic mass is 10.0. The van der Waals surface area contributed by atoms with E-state index in [-0.39, 0.29) is 0 Å². The first-order valence-corrected chi connectivity index (χ1v) is 8.02. The maximum atomic E-state index is 5.60. The van der Waals surface area contributed by atoms with Crippen molar-refractivity contribution in [2.24, 2.45) is 5.92 Å². The van der Waals surface area contributed by atoms with Crippen LogP contribution in [-0.4, -0.2) is 7.11 Å². The summed E-state index contributed by atoms with van der Waals surface area (Å²) in [5, 5.41) is 0. The van der Waals surface area contributed by atoms with Crippen LogP contribution < -0.4 is 4.74 Å². The van der Waals surface area contributed by atoms with E-state index < -0.39 is 0 Å². The van der Waals surface area contributed by atoms with Gasteiger partial charge in [0, 0.05) is 6.42 Å². The molecule has 22 heavy (non-hydrogen) atoms. The van der Waals surface area contributed by atoms with Crippen molar-refractivity contribution >= 4 is 0 Å². The summed E-state index contributed by atoms with van der Waals surface area (Å²) in [6, 6.07) is 12.4. The van der Waals surface area contributed by atoms with Crippen molar-refractivity contribution in [3.8, 4) is 5.75 Å². The highest BCUT2D eigenvalue weighted by molar-refractivity contribution is 5.28. The molecule has 0 spiro atoms. The summed E-state index contributed by atoms with van der Waals surface area (Å²) in [4.78, 5) is 0. The van der Waals surface area contributed by atoms with E-state index in [4.69, 9.17) is 9.15 Å². The molecule has 0 aliphatic heterocycles. The summed E-state index contributed by atoms with van der Waals surface area (Å²) in [7, 11) is 1.71. The molecule has 0 bridgehead atoms. The minimum Gasteiger partial charge on any atom is -0.497 e. The third kappa shape index (κ3) is 5.44. The van der Waals surface area contributed by atoms with Crippen LogP contribution in [-0.2, 0) is 12.8 Å². The van der Waals surface area contributed by atoms with Gasteiger partial charge in [-0.2, -0.15) is 0 Å². The standard InChI is InChI=1S/C20H26O2/c1-16(11-13-19-14-12-17(2)22-19)7-4-5-8-18-9-6-10-20(15-18)21-3/h4,6-7,9-10,12,14-16H,5,8,11,13H2,1-3H3. The first kappa shape index (κ1) is 16.4. The van der Waals surface area contributed by atoms with E-state index in [1.54, 1.807) is 7.11 Å². The van der Waals surface area contributed by atoms with E-state index in [0.29, 0.717) is 5.92 Å². The SMILES string of the molecule is COc1cccc(CCC=CC(C)CCc2ccc(C)o2)c1. The van der Waals surface area contributed by atoms with Crippen molar-refractivity contribution in [3.63, 3.8) is 0 Å². The average Bonchev–Trinajstić information content (AvgIpc) is 2.95. The van der Waals surface area contributed by atoms with Gasteiger partial charge in [-0.25, -0.2) is 0 Å². The van der Waals surface area contributed by atoms with E-state index in [1.165, 1.54) is 5.56 Å². The lowest BCUT2D eigenvalue weighted by Gasteiger charge is -2.05. The second-order valence-corrected chi connectivity index (χ2v) is 5.85. The number of rotatable bonds is 8. The first-order valence-electron chi connectivity index (χ1n) is 8.02. The number of benzene rings is 1. The molecule has 0 N–H and O–H groups in total. The summed E-state index contributed by atoms with van der Waals surface area (Å²) in [5.41, 5.74) is 1.32. The van der Waals surface area contributed by atoms with E-state index in [9.17, 15) is 0 Å². The van der Waals surface area contributed by atoms with Gasteiger partial charge in [0.1, 0.15) is 17.3 Å². The molecule has 0 saturated heterocycles. The van der Waals surface area contributed by atoms with E-state index in [2.05, 4.69) is 37.3 Å². The maximum Gasteiger partial charge on any atom is 0.119 e. The Morgan fingerprint density at radius 1 is 1.18 bits per heavy atom. The summed E-state index contributed by atoms with van der Waals surface area (Å²) < 4.78 is 10.9. The molecule has 1 unspecified atom stereocenters. The fourth-order valence-electron chi connectivity index (χ4n) is 2.49. The number of aryl methyl sites for hydroxylation is 3. The van der Waals surface area contributed by atoms with Crippen molar-refractivity contribution in [3.05, 3.63) is 65.6 Å². The van der Waals surface area contributed by atoms with Crippen LogP contribution in [0.4, 0.5) is 0 Å². The molecule has 0 amide bonds. The largest absolute Gasteiger partial charge is 0.497 e. The molecule has 2 aromatic rings. The van der Waals surface area contributed by atoms with Crippen LogP contribution in [0.25, 0.3) is 0 Å². The van der Waals surface area contributed by atoms with Gasteiger partial charge in [-0.05, 0) is 61.9 Å². The van der Waals surface area contributed by atoms with E-state index >= 15 is 0 Å². The number of furan rings is 1. The van der Waals surface area contributed by atoms with Gasteiger partial charge < -0.3 is 9.15 Å². The zero-order chi connectivity index (χ0) is 15.8. The van der Waals surface area contributed by atoms with Crippen LogP contribution in [0.2, 0.25) is 0 Å². The second-order valence-electron chi connectivity index (χ2n) is 5.85. The molecule has 2 rings (SSSR count). The number of methoxy groups -OCH3 is 1. The molecule has 1 heterocycles. The lowest BCUT2D eigenvalue weighted by Crippen LogP contribution is -1.93. The van der Waals surface area contributed by atoms with Crippen LogP contribution in [0.1, 0.15) is 36.8 Å². The Balaban J connectivity index is 1.70. The van der Waals surface area contributed by atoms with Crippen molar-refractivity contribution < 1.29 is 9.15 Å². The second kappa shape index (κ2) is 8.47. The van der Waals surface area contributed by atoms with Crippen LogP contribution >= 0.6 is 0 Å². The van der Waals surface area contributed by atoms with Crippen LogP contribution in [0.5, 0.6) is 5.75 Å². The predicted molar refractivity (Wildman–Crippen MR) is 91.4 cm³/mol. The molecule has 2 nitrogen and oxygen atoms in total. The molecule has 2 heteroatoms. The first-order chi connectivity index (χ1) is 10.7. The molecular weight excluding hydrogens is 272 g/mol. The summed E-state index contributed by atoms with van der Waals surface area (Å²) in [6.07, 6.45) is 8.86. The number of hydrogen-bond donors (Lipinski definition) is 0. The predicted octanol–water partition coefficient (Wildman–Crippen LogP) is 5.35. The quantitative estimate of drug-likeness (QED) is 0.613. The molecule has 1 aromatic carbocycles. The van der Waals surface area contributed by atoms with Gasteiger partial charge in [-0.15, -0.1) is 0 Å². The highest BCUT2D eigenvalue weighted by atomic mass is 16.5. The Bertz CT molecular complexity index is 595. The maximum absolute atomic E-state index is 5.60. The minimum absolute atomic E-state index is 0.579. The van der Waals surface area contributed by atoms with Gasteiger partial charge in [-0.3, -0.25) is 0 Å². The molecule has 118 valence electrons. The van der Waals surface area contributed by atoms with Gasteiger partial charge in [0.2, 0.25) is 0 Å². The highest BCUT2D eigenvalue weighted by Crippen LogP contribution is 2.16. The molecule has 1 atom stereocenters. The van der Waals surface area contributed by atoms with Crippen molar-refractivity contribution in [1.29, 1.82) is 0 Å². The third-order valence-corrected chi connectivity index (χ3v) is 3.84. The number of allylic oxidation sites excluding steroid dienone is 2. The fraction of sp³-hybridized carbons (Fsp3) is 0.400. The zero-order valence-corrected chi connectivity index (χ0v) is 13.8. The van der Waals surface area contributed by atoms with Crippen LogP contribution in [0.15, 0.2) is 53.0 Å². The van der Waals surface area contributed by atoms with Crippen LogP contribution in [0, 0.1) is 12.8 Å². The van der Waals surface area contributed by atoms with E-state index in [0.717, 1.165) is 43.0 Å². The molecular formula is C20H26O2. The number of hydrogen-bond acceptors (Lipinski definition) is 2. The van der Waals surface area contributed by atoms with Gasteiger partial charge >= 0.3 is 0 Å². The molecule has 0 saturated carbocycles. The monoisotopic (exact) mass is 298 g/mol. The Labute approximate surface area is 133 Å². The Morgan fingerprint density at radius 2 is 2.05 bits per heavy atom. The zero-order valence-electron chi connectivity index (χ0n) is 13.8. The van der Waals surface area contributed by atoms with Crippen molar-refractivity contribution in [1.82, 2.24) is 0 Å². The van der Waals surface area contributed by atoms with Crippen molar-refractivity contribution in [2.75, 3.05) is 7.11 Å². The topological polar surface area (TPSA) is 22.4 Å². The molecule has 0 aliphatic rings. The Hall–Kier alpha value is -1.96. The summed E-state index contributed by atoms with van der Waals surface area (Å²) in [6.45, 7) is 4.25. The van der Waals surface area contributed by atoms with Crippen molar-refractivity contribution in [2.45, 2.75) is 39.5 Å². The molecule has 0 radical (unpaired) electrons. The van der Waals surface area contributed by atoms with Crippen LogP contribution in [0.3, 0.4) is 0 Å². The highest BCUT2D eigenvalue weighted by Gasteiger charge is 2.02. The summed E-state index contributed by atoms with van der Waals surface area (Å²) in [5.74, 6) is 3.60. The van der Waals surface area contributed by atoms with Gasteiger partial charge in [0.05, 0.1) is 7.11 Å². The smallest absolute Gasteiger partial charge is 0.119 e. The minimum atomic E-state index is 0.579. The fourth-order valence-corrected chi connectivity index (χ4v) is 2.49. The van der Waals surface area contributed by atoms with Gasteiger partial charge in [0.25, 0.3) is 0 Å².